The Bertz CT molecular complexity index is 1080. The summed E-state index contributed by atoms with van der Waals surface area (Å²) in [6.45, 7) is 7.17. The van der Waals surface area contributed by atoms with Gasteiger partial charge in [-0.1, -0.05) is 12.1 Å². The number of carbonyl (C=O) groups excluding carboxylic acids is 1. The Labute approximate surface area is 186 Å². The van der Waals surface area contributed by atoms with Gasteiger partial charge in [0.25, 0.3) is 5.91 Å². The van der Waals surface area contributed by atoms with Crippen molar-refractivity contribution in [3.05, 3.63) is 69.2 Å². The molecule has 0 saturated heterocycles. The lowest BCUT2D eigenvalue weighted by atomic mass is 10.1. The molecule has 1 N–H and O–H groups in total. The summed E-state index contributed by atoms with van der Waals surface area (Å²) in [6, 6.07) is 11.2. The summed E-state index contributed by atoms with van der Waals surface area (Å²) in [5.74, 6) is 1.97. The second-order valence-corrected chi connectivity index (χ2v) is 8.52. The van der Waals surface area contributed by atoms with Gasteiger partial charge in [0.05, 0.1) is 22.9 Å². The predicted molar refractivity (Wildman–Crippen MR) is 120 cm³/mol. The zero-order valence-corrected chi connectivity index (χ0v) is 18.8. The number of para-hydroxylation sites is 1. The number of ether oxygens (including phenoxy) is 3. The van der Waals surface area contributed by atoms with Gasteiger partial charge < -0.3 is 19.5 Å². The van der Waals surface area contributed by atoms with E-state index in [1.807, 2.05) is 50.4 Å². The van der Waals surface area contributed by atoms with E-state index in [9.17, 15) is 4.79 Å². The highest BCUT2D eigenvalue weighted by atomic mass is 32.1. The van der Waals surface area contributed by atoms with Crippen LogP contribution in [0.25, 0.3) is 0 Å². The molecule has 2 heterocycles. The third kappa shape index (κ3) is 4.99. The Morgan fingerprint density at radius 1 is 1.26 bits per heavy atom. The summed E-state index contributed by atoms with van der Waals surface area (Å²) >= 11 is 1.58. The Balaban J connectivity index is 1.46. The lowest BCUT2D eigenvalue weighted by Crippen LogP contribution is -2.24. The zero-order valence-electron chi connectivity index (χ0n) is 17.9. The highest BCUT2D eigenvalue weighted by molar-refractivity contribution is 7.09. The smallest absolute Gasteiger partial charge is 0.255 e. The largest absolute Gasteiger partial charge is 0.494 e. The molecular formula is C24H26N2O4S. The van der Waals surface area contributed by atoms with Crippen molar-refractivity contribution in [2.24, 2.45) is 0 Å². The van der Waals surface area contributed by atoms with Gasteiger partial charge in [0.15, 0.2) is 0 Å². The van der Waals surface area contributed by atoms with Gasteiger partial charge in [0.1, 0.15) is 30.0 Å². The van der Waals surface area contributed by atoms with Crippen LogP contribution in [0, 0.1) is 6.92 Å². The van der Waals surface area contributed by atoms with E-state index in [2.05, 4.69) is 10.3 Å². The molecule has 0 radical (unpaired) electrons. The molecule has 6 nitrogen and oxygen atoms in total. The second kappa shape index (κ2) is 9.39. The van der Waals surface area contributed by atoms with Gasteiger partial charge in [-0.3, -0.25) is 4.79 Å². The lowest BCUT2D eigenvalue weighted by molar-refractivity contribution is 0.0946. The molecule has 0 unspecified atom stereocenters. The second-order valence-electron chi connectivity index (χ2n) is 7.46. The highest BCUT2D eigenvalue weighted by Gasteiger charge is 2.22. The lowest BCUT2D eigenvalue weighted by Gasteiger charge is -2.14. The standard InChI is InChI=1S/C24H26N2O4S/c1-4-28-22-10-17-9-15(2)30-23(17)11-18(22)12-25-24(27)20-7-5-6-8-21(20)29-13-19-14-31-16(3)26-19/h5-8,10-11,14-15H,4,9,12-13H2,1-3H3,(H,25,27)/t15-/m0/s1. The predicted octanol–water partition coefficient (Wildman–Crippen LogP) is 4.68. The minimum absolute atomic E-state index is 0.153. The summed E-state index contributed by atoms with van der Waals surface area (Å²) in [5, 5.41) is 5.94. The number of amides is 1. The molecule has 162 valence electrons. The molecule has 0 saturated carbocycles. The van der Waals surface area contributed by atoms with Crippen LogP contribution in [0.4, 0.5) is 0 Å². The fraction of sp³-hybridized carbons (Fsp3) is 0.333. The van der Waals surface area contributed by atoms with Crippen molar-refractivity contribution in [2.45, 2.75) is 46.4 Å². The average Bonchev–Trinajstić information content (AvgIpc) is 3.34. The summed E-state index contributed by atoms with van der Waals surface area (Å²) in [4.78, 5) is 17.3. The number of benzene rings is 2. The molecule has 0 fully saturated rings. The monoisotopic (exact) mass is 438 g/mol. The SMILES string of the molecule is CCOc1cc2c(cc1CNC(=O)c1ccccc1OCc1csc(C)n1)O[C@@H](C)C2. The van der Waals surface area contributed by atoms with E-state index in [0.29, 0.717) is 31.1 Å². The van der Waals surface area contributed by atoms with E-state index in [-0.39, 0.29) is 12.0 Å². The molecule has 1 amide bonds. The highest BCUT2D eigenvalue weighted by Crippen LogP contribution is 2.35. The molecule has 0 bridgehead atoms. The van der Waals surface area contributed by atoms with Gasteiger partial charge in [-0.2, -0.15) is 0 Å². The van der Waals surface area contributed by atoms with Crippen LogP contribution >= 0.6 is 11.3 Å². The quantitative estimate of drug-likeness (QED) is 0.553. The number of nitrogens with zero attached hydrogens (tertiary/aromatic N) is 1. The van der Waals surface area contributed by atoms with Crippen LogP contribution < -0.4 is 19.5 Å². The minimum atomic E-state index is -0.206. The summed E-state index contributed by atoms with van der Waals surface area (Å²) < 4.78 is 17.6. The Hall–Kier alpha value is -3.06. The summed E-state index contributed by atoms with van der Waals surface area (Å²) in [5.41, 5.74) is 3.37. The molecule has 1 atom stereocenters. The van der Waals surface area contributed by atoms with Gasteiger partial charge in [-0.25, -0.2) is 4.98 Å². The van der Waals surface area contributed by atoms with E-state index in [1.165, 1.54) is 0 Å². The first kappa shape index (κ1) is 21.2. The van der Waals surface area contributed by atoms with E-state index < -0.39 is 0 Å². The number of carbonyl (C=O) groups is 1. The summed E-state index contributed by atoms with van der Waals surface area (Å²) in [6.07, 6.45) is 1.02. The number of rotatable bonds is 8. The molecule has 3 aromatic rings. The van der Waals surface area contributed by atoms with Crippen LogP contribution in [-0.2, 0) is 19.6 Å². The van der Waals surface area contributed by atoms with Crippen LogP contribution in [0.3, 0.4) is 0 Å². The number of nitrogens with one attached hydrogen (secondary N) is 1. The molecule has 31 heavy (non-hydrogen) atoms. The average molecular weight is 439 g/mol. The zero-order chi connectivity index (χ0) is 21.8. The van der Waals surface area contributed by atoms with Crippen molar-refractivity contribution in [3.8, 4) is 17.2 Å². The molecule has 1 aliphatic heterocycles. The Kier molecular flexibility index (Phi) is 6.42. The molecule has 4 rings (SSSR count). The van der Waals surface area contributed by atoms with Crippen molar-refractivity contribution in [2.75, 3.05) is 6.61 Å². The first-order valence-corrected chi connectivity index (χ1v) is 11.3. The third-order valence-electron chi connectivity index (χ3n) is 4.99. The Morgan fingerprint density at radius 3 is 2.87 bits per heavy atom. The molecule has 7 heteroatoms. The number of thiazole rings is 1. The van der Waals surface area contributed by atoms with Crippen LogP contribution in [-0.4, -0.2) is 23.6 Å². The molecule has 2 aromatic carbocycles. The fourth-order valence-electron chi connectivity index (χ4n) is 3.59. The van der Waals surface area contributed by atoms with Gasteiger partial charge in [0.2, 0.25) is 0 Å². The van der Waals surface area contributed by atoms with Crippen molar-refractivity contribution in [1.29, 1.82) is 0 Å². The molecule has 1 aromatic heterocycles. The number of aromatic nitrogens is 1. The van der Waals surface area contributed by atoms with Crippen molar-refractivity contribution in [3.63, 3.8) is 0 Å². The fourth-order valence-corrected chi connectivity index (χ4v) is 4.18. The third-order valence-corrected chi connectivity index (χ3v) is 5.81. The molecule has 1 aliphatic rings. The normalized spacial score (nSPS) is 14.6. The molecule has 0 aliphatic carbocycles. The number of hydrogen-bond donors (Lipinski definition) is 1. The maximum Gasteiger partial charge on any atom is 0.255 e. The molecule has 0 spiro atoms. The Morgan fingerprint density at radius 2 is 2.10 bits per heavy atom. The topological polar surface area (TPSA) is 69.7 Å². The van der Waals surface area contributed by atoms with E-state index in [4.69, 9.17) is 14.2 Å². The first-order valence-electron chi connectivity index (χ1n) is 10.4. The maximum absolute atomic E-state index is 12.9. The van der Waals surface area contributed by atoms with Crippen molar-refractivity contribution in [1.82, 2.24) is 10.3 Å². The summed E-state index contributed by atoms with van der Waals surface area (Å²) in [7, 11) is 0. The van der Waals surface area contributed by atoms with Gasteiger partial charge in [0, 0.05) is 29.5 Å². The van der Waals surface area contributed by atoms with Gasteiger partial charge in [-0.05, 0) is 45.0 Å². The van der Waals surface area contributed by atoms with Gasteiger partial charge >= 0.3 is 0 Å². The van der Waals surface area contributed by atoms with Crippen molar-refractivity contribution < 1.29 is 19.0 Å². The number of aryl methyl sites for hydroxylation is 1. The number of hydrogen-bond acceptors (Lipinski definition) is 6. The number of fused-ring (bicyclic) bond motifs is 1. The van der Waals surface area contributed by atoms with E-state index in [0.717, 1.165) is 39.7 Å². The van der Waals surface area contributed by atoms with E-state index >= 15 is 0 Å². The van der Waals surface area contributed by atoms with Crippen LogP contribution in [0.5, 0.6) is 17.2 Å². The molecular weight excluding hydrogens is 412 g/mol. The minimum Gasteiger partial charge on any atom is -0.494 e. The van der Waals surface area contributed by atoms with Crippen LogP contribution in [0.15, 0.2) is 41.8 Å². The van der Waals surface area contributed by atoms with E-state index in [1.54, 1.807) is 23.5 Å². The first-order chi connectivity index (χ1) is 15.0. The maximum atomic E-state index is 12.9. The van der Waals surface area contributed by atoms with Crippen LogP contribution in [0.1, 0.15) is 46.0 Å². The van der Waals surface area contributed by atoms with Gasteiger partial charge in [-0.15, -0.1) is 11.3 Å². The van der Waals surface area contributed by atoms with Crippen LogP contribution in [0.2, 0.25) is 0 Å². The van der Waals surface area contributed by atoms with Crippen molar-refractivity contribution >= 4 is 17.2 Å².